The van der Waals surface area contributed by atoms with Crippen molar-refractivity contribution in [2.75, 3.05) is 32.1 Å². The molecule has 0 atom stereocenters. The Morgan fingerprint density at radius 3 is 2.60 bits per heavy atom. The predicted molar refractivity (Wildman–Crippen MR) is 80.3 cm³/mol. The van der Waals surface area contributed by atoms with E-state index in [1.165, 1.54) is 0 Å². The molecule has 0 radical (unpaired) electrons. The number of nitrogens with two attached hydrogens (primary N) is 1. The Morgan fingerprint density at radius 2 is 2.05 bits per heavy atom. The topological polar surface area (TPSA) is 93.4 Å². The number of amides is 2. The van der Waals surface area contributed by atoms with Crippen LogP contribution in [0.15, 0.2) is 18.2 Å². The summed E-state index contributed by atoms with van der Waals surface area (Å²) < 4.78 is 4.86. The summed E-state index contributed by atoms with van der Waals surface area (Å²) in [6, 6.07) is 4.97. The van der Waals surface area contributed by atoms with Crippen molar-refractivity contribution in [3.8, 4) is 0 Å². The second kappa shape index (κ2) is 9.30. The van der Waals surface area contributed by atoms with Gasteiger partial charge in [0.2, 0.25) is 11.8 Å². The Hall–Kier alpha value is -1.63. The molecule has 2 amide bonds. The summed E-state index contributed by atoms with van der Waals surface area (Å²) in [7, 11) is 1.60. The van der Waals surface area contributed by atoms with Crippen molar-refractivity contribution in [3.63, 3.8) is 0 Å². The predicted octanol–water partition coefficient (Wildman–Crippen LogP) is 0.690. The lowest BCUT2D eigenvalue weighted by Crippen LogP contribution is -2.30. The van der Waals surface area contributed by atoms with Crippen molar-refractivity contribution < 1.29 is 14.3 Å². The molecule has 1 aromatic carbocycles. The molecule has 0 saturated carbocycles. The van der Waals surface area contributed by atoms with Gasteiger partial charge in [-0.2, -0.15) is 0 Å². The van der Waals surface area contributed by atoms with Gasteiger partial charge in [-0.3, -0.25) is 9.59 Å². The van der Waals surface area contributed by atoms with E-state index in [0.29, 0.717) is 24.4 Å². The van der Waals surface area contributed by atoms with Crippen LogP contribution in [0.5, 0.6) is 0 Å². The molecule has 0 fully saturated rings. The zero-order valence-corrected chi connectivity index (χ0v) is 12.4. The molecule has 0 spiro atoms. The molecule has 1 aromatic rings. The summed E-state index contributed by atoms with van der Waals surface area (Å²) in [6.45, 7) is 3.15. The highest BCUT2D eigenvalue weighted by Gasteiger charge is 2.07. The van der Waals surface area contributed by atoms with E-state index in [0.717, 1.165) is 5.56 Å². The molecular formula is C13H20ClN3O3. The second-order valence-electron chi connectivity index (χ2n) is 4.11. The van der Waals surface area contributed by atoms with E-state index in [-0.39, 0.29) is 24.9 Å². The second-order valence-corrected chi connectivity index (χ2v) is 4.11. The average Bonchev–Trinajstić information content (AvgIpc) is 2.34. The molecule has 6 nitrogen and oxygen atoms in total. The standard InChI is InChI=1S/C13H19N3O3.ClH/c1-9-7-10(3-4-11(9)13(14)18)16-12(17)8-15-5-6-19-2;/h3-4,7,15H,5-6,8H2,1-2H3,(H2,14,18)(H,16,17);1H. The number of aryl methyl sites for hydroxylation is 1. The fourth-order valence-corrected chi connectivity index (χ4v) is 1.60. The Morgan fingerprint density at radius 1 is 1.35 bits per heavy atom. The van der Waals surface area contributed by atoms with E-state index in [9.17, 15) is 9.59 Å². The molecule has 7 heteroatoms. The van der Waals surface area contributed by atoms with Crippen molar-refractivity contribution in [1.29, 1.82) is 0 Å². The van der Waals surface area contributed by atoms with Crippen molar-refractivity contribution in [3.05, 3.63) is 29.3 Å². The molecule has 0 heterocycles. The molecule has 0 unspecified atom stereocenters. The molecule has 20 heavy (non-hydrogen) atoms. The molecule has 1 rings (SSSR count). The first kappa shape index (κ1) is 18.4. The normalized spacial score (nSPS) is 9.70. The zero-order valence-electron chi connectivity index (χ0n) is 11.6. The highest BCUT2D eigenvalue weighted by atomic mass is 35.5. The van der Waals surface area contributed by atoms with E-state index in [2.05, 4.69) is 10.6 Å². The lowest BCUT2D eigenvalue weighted by atomic mass is 10.1. The number of benzene rings is 1. The Labute approximate surface area is 124 Å². The summed E-state index contributed by atoms with van der Waals surface area (Å²) in [5, 5.41) is 5.67. The van der Waals surface area contributed by atoms with Crippen molar-refractivity contribution >= 4 is 29.9 Å². The molecule has 0 bridgehead atoms. The fourth-order valence-electron chi connectivity index (χ4n) is 1.60. The molecule has 0 aromatic heterocycles. The van der Waals surface area contributed by atoms with Crippen LogP contribution in [0.2, 0.25) is 0 Å². The van der Waals surface area contributed by atoms with Crippen LogP contribution >= 0.6 is 12.4 Å². The van der Waals surface area contributed by atoms with E-state index in [4.69, 9.17) is 10.5 Å². The average molecular weight is 302 g/mol. The van der Waals surface area contributed by atoms with Gasteiger partial charge in [-0.05, 0) is 30.7 Å². The van der Waals surface area contributed by atoms with Crippen molar-refractivity contribution in [2.24, 2.45) is 5.73 Å². The molecule has 112 valence electrons. The van der Waals surface area contributed by atoms with Crippen LogP contribution in [0.4, 0.5) is 5.69 Å². The number of ether oxygens (including phenoxy) is 1. The number of rotatable bonds is 7. The van der Waals surface area contributed by atoms with Gasteiger partial charge in [0, 0.05) is 24.9 Å². The van der Waals surface area contributed by atoms with Crippen LogP contribution in [0.25, 0.3) is 0 Å². The lowest BCUT2D eigenvalue weighted by Gasteiger charge is -2.08. The van der Waals surface area contributed by atoms with Crippen molar-refractivity contribution in [1.82, 2.24) is 5.32 Å². The molecule has 0 aliphatic heterocycles. The van der Waals surface area contributed by atoms with Gasteiger partial charge < -0.3 is 21.1 Å². The summed E-state index contributed by atoms with van der Waals surface area (Å²) in [5.74, 6) is -0.626. The van der Waals surface area contributed by atoms with E-state index >= 15 is 0 Å². The molecule has 0 aliphatic carbocycles. The number of hydrogen-bond acceptors (Lipinski definition) is 4. The summed E-state index contributed by atoms with van der Waals surface area (Å²) >= 11 is 0. The van der Waals surface area contributed by atoms with E-state index in [1.807, 2.05) is 0 Å². The van der Waals surface area contributed by atoms with E-state index < -0.39 is 5.91 Å². The molecular weight excluding hydrogens is 282 g/mol. The van der Waals surface area contributed by atoms with Crippen LogP contribution < -0.4 is 16.4 Å². The highest BCUT2D eigenvalue weighted by molar-refractivity contribution is 5.96. The molecule has 0 saturated heterocycles. The van der Waals surface area contributed by atoms with Gasteiger partial charge in [0.25, 0.3) is 0 Å². The van der Waals surface area contributed by atoms with Crippen LogP contribution in [0.3, 0.4) is 0 Å². The van der Waals surface area contributed by atoms with Gasteiger partial charge in [0.15, 0.2) is 0 Å². The third-order valence-corrected chi connectivity index (χ3v) is 2.54. The number of nitrogens with one attached hydrogen (secondary N) is 2. The summed E-state index contributed by atoms with van der Waals surface area (Å²) in [5.41, 5.74) is 7.04. The van der Waals surface area contributed by atoms with Gasteiger partial charge in [0.05, 0.1) is 13.2 Å². The Balaban J connectivity index is 0.00000361. The van der Waals surface area contributed by atoms with Gasteiger partial charge in [-0.1, -0.05) is 0 Å². The Kier molecular flexibility index (Phi) is 8.54. The van der Waals surface area contributed by atoms with Crippen molar-refractivity contribution in [2.45, 2.75) is 6.92 Å². The minimum absolute atomic E-state index is 0. The van der Waals surface area contributed by atoms with Gasteiger partial charge in [-0.15, -0.1) is 12.4 Å². The van der Waals surface area contributed by atoms with Gasteiger partial charge in [0.1, 0.15) is 0 Å². The maximum Gasteiger partial charge on any atom is 0.248 e. The third-order valence-electron chi connectivity index (χ3n) is 2.54. The van der Waals surface area contributed by atoms with Crippen LogP contribution in [-0.2, 0) is 9.53 Å². The summed E-state index contributed by atoms with van der Waals surface area (Å²) in [6.07, 6.45) is 0. The lowest BCUT2D eigenvalue weighted by molar-refractivity contribution is -0.115. The fraction of sp³-hybridized carbons (Fsp3) is 0.385. The minimum Gasteiger partial charge on any atom is -0.383 e. The Bertz CT molecular complexity index is 466. The van der Waals surface area contributed by atoms with E-state index in [1.54, 1.807) is 32.2 Å². The number of carbonyl (C=O) groups excluding carboxylic acids is 2. The number of hydrogen-bond donors (Lipinski definition) is 3. The number of methoxy groups -OCH3 is 1. The van der Waals surface area contributed by atoms with Crippen LogP contribution in [-0.4, -0.2) is 38.6 Å². The smallest absolute Gasteiger partial charge is 0.248 e. The largest absolute Gasteiger partial charge is 0.383 e. The summed E-state index contributed by atoms with van der Waals surface area (Å²) in [4.78, 5) is 22.7. The first-order valence-corrected chi connectivity index (χ1v) is 5.94. The molecule has 4 N–H and O–H groups in total. The minimum atomic E-state index is -0.475. The quantitative estimate of drug-likeness (QED) is 0.646. The first-order valence-electron chi connectivity index (χ1n) is 5.94. The van der Waals surface area contributed by atoms with Gasteiger partial charge >= 0.3 is 0 Å². The zero-order chi connectivity index (χ0) is 14.3. The van der Waals surface area contributed by atoms with Gasteiger partial charge in [-0.25, -0.2) is 0 Å². The maximum atomic E-state index is 11.6. The van der Waals surface area contributed by atoms with Crippen LogP contribution in [0.1, 0.15) is 15.9 Å². The number of carbonyl (C=O) groups is 2. The number of anilines is 1. The molecule has 0 aliphatic rings. The number of halogens is 1. The highest BCUT2D eigenvalue weighted by Crippen LogP contribution is 2.14. The maximum absolute atomic E-state index is 11.6. The van der Waals surface area contributed by atoms with Crippen LogP contribution in [0, 0.1) is 6.92 Å². The number of primary amides is 1. The third kappa shape index (κ3) is 6.01. The first-order chi connectivity index (χ1) is 9.04. The monoisotopic (exact) mass is 301 g/mol. The SMILES string of the molecule is COCCNCC(=O)Nc1ccc(C(N)=O)c(C)c1.Cl.